The van der Waals surface area contributed by atoms with Crippen molar-refractivity contribution in [2.45, 2.75) is 44.0 Å². The predicted molar refractivity (Wildman–Crippen MR) is 88.1 cm³/mol. The first-order valence-electron chi connectivity index (χ1n) is 6.82. The molecule has 0 aromatic heterocycles. The van der Waals surface area contributed by atoms with Gasteiger partial charge in [-0.25, -0.2) is 13.1 Å². The van der Waals surface area contributed by atoms with Crippen molar-refractivity contribution in [3.63, 3.8) is 0 Å². The lowest BCUT2D eigenvalue weighted by Crippen LogP contribution is -2.37. The minimum atomic E-state index is -3.49. The van der Waals surface area contributed by atoms with Gasteiger partial charge in [-0.2, -0.15) is 0 Å². The molecule has 0 aliphatic heterocycles. The predicted octanol–water partition coefficient (Wildman–Crippen LogP) is 4.31. The van der Waals surface area contributed by atoms with Crippen LogP contribution in [0, 0.1) is 11.8 Å². The highest BCUT2D eigenvalue weighted by Crippen LogP contribution is 2.35. The Bertz CT molecular complexity index is 589. The van der Waals surface area contributed by atoms with Crippen LogP contribution in [0.1, 0.15) is 33.1 Å². The number of hydrogen-bond donors (Lipinski definition) is 1. The molecular formula is C14H19Br2NO2S. The third kappa shape index (κ3) is 3.46. The topological polar surface area (TPSA) is 46.2 Å². The van der Waals surface area contributed by atoms with Crippen LogP contribution in [0.2, 0.25) is 0 Å². The molecule has 1 aromatic carbocycles. The molecule has 0 bridgehead atoms. The highest BCUT2D eigenvalue weighted by molar-refractivity contribution is 9.11. The Balaban J connectivity index is 2.22. The van der Waals surface area contributed by atoms with Crippen molar-refractivity contribution in [2.24, 2.45) is 11.8 Å². The maximum Gasteiger partial charge on any atom is 0.241 e. The van der Waals surface area contributed by atoms with Gasteiger partial charge in [-0.05, 0) is 58.8 Å². The number of benzene rings is 1. The van der Waals surface area contributed by atoms with Crippen molar-refractivity contribution in [2.75, 3.05) is 0 Å². The maximum atomic E-state index is 12.5. The Morgan fingerprint density at radius 2 is 2.00 bits per heavy atom. The summed E-state index contributed by atoms with van der Waals surface area (Å²) in [5, 5.41) is 0. The van der Waals surface area contributed by atoms with E-state index in [1.165, 1.54) is 0 Å². The van der Waals surface area contributed by atoms with Gasteiger partial charge in [-0.1, -0.05) is 36.2 Å². The Kier molecular flexibility index (Phi) is 5.32. The smallest absolute Gasteiger partial charge is 0.208 e. The van der Waals surface area contributed by atoms with Crippen molar-refractivity contribution in [1.29, 1.82) is 0 Å². The van der Waals surface area contributed by atoms with E-state index in [4.69, 9.17) is 0 Å². The number of hydrogen-bond acceptors (Lipinski definition) is 2. The minimum Gasteiger partial charge on any atom is -0.208 e. The monoisotopic (exact) mass is 423 g/mol. The first kappa shape index (κ1) is 16.5. The Morgan fingerprint density at radius 1 is 1.30 bits per heavy atom. The molecule has 3 nitrogen and oxygen atoms in total. The van der Waals surface area contributed by atoms with Crippen LogP contribution in [0.15, 0.2) is 32.0 Å². The van der Waals surface area contributed by atoms with Gasteiger partial charge in [0.1, 0.15) is 0 Å². The van der Waals surface area contributed by atoms with Crippen LogP contribution < -0.4 is 4.72 Å². The molecular weight excluding hydrogens is 406 g/mol. The fourth-order valence-corrected chi connectivity index (χ4v) is 5.80. The molecule has 20 heavy (non-hydrogen) atoms. The maximum absolute atomic E-state index is 12.5. The van der Waals surface area contributed by atoms with Gasteiger partial charge in [0.05, 0.1) is 4.90 Å². The van der Waals surface area contributed by atoms with E-state index in [2.05, 4.69) is 50.4 Å². The summed E-state index contributed by atoms with van der Waals surface area (Å²) in [7, 11) is -3.49. The summed E-state index contributed by atoms with van der Waals surface area (Å²) < 4.78 is 29.3. The molecule has 6 heteroatoms. The summed E-state index contributed by atoms with van der Waals surface area (Å²) in [5.41, 5.74) is 0. The molecule has 3 unspecified atom stereocenters. The van der Waals surface area contributed by atoms with Crippen LogP contribution in [-0.2, 0) is 10.0 Å². The zero-order chi connectivity index (χ0) is 14.9. The summed E-state index contributed by atoms with van der Waals surface area (Å²) >= 11 is 6.64. The molecule has 0 radical (unpaired) electrons. The van der Waals surface area contributed by atoms with E-state index in [9.17, 15) is 8.42 Å². The van der Waals surface area contributed by atoms with Gasteiger partial charge in [0.15, 0.2) is 0 Å². The highest BCUT2D eigenvalue weighted by Gasteiger charge is 2.34. The van der Waals surface area contributed by atoms with Crippen molar-refractivity contribution in [3.05, 3.63) is 27.1 Å². The van der Waals surface area contributed by atoms with Gasteiger partial charge in [0.2, 0.25) is 10.0 Å². The molecule has 0 spiro atoms. The average molecular weight is 425 g/mol. The number of halogens is 2. The Hall–Kier alpha value is 0.0900. The second kappa shape index (κ2) is 6.46. The largest absolute Gasteiger partial charge is 0.241 e. The van der Waals surface area contributed by atoms with Crippen molar-refractivity contribution >= 4 is 41.9 Å². The standard InChI is InChI=1S/C14H19Br2NO2S/c1-3-10-4-7-13(9(10)2)17-20(18,19)14-8-11(15)5-6-12(14)16/h5-6,8-10,13,17H,3-4,7H2,1-2H3. The Morgan fingerprint density at radius 3 is 2.60 bits per heavy atom. The molecule has 112 valence electrons. The zero-order valence-corrected chi connectivity index (χ0v) is 15.6. The van der Waals surface area contributed by atoms with E-state index >= 15 is 0 Å². The van der Waals surface area contributed by atoms with Gasteiger partial charge in [-0.15, -0.1) is 0 Å². The SMILES string of the molecule is CCC1CCC(NS(=O)(=O)c2cc(Br)ccc2Br)C1C. The fraction of sp³-hybridized carbons (Fsp3) is 0.571. The lowest BCUT2D eigenvalue weighted by Gasteiger charge is -2.21. The molecule has 1 N–H and O–H groups in total. The van der Waals surface area contributed by atoms with E-state index in [0.29, 0.717) is 21.2 Å². The van der Waals surface area contributed by atoms with Crippen LogP contribution in [-0.4, -0.2) is 14.5 Å². The van der Waals surface area contributed by atoms with Crippen molar-refractivity contribution < 1.29 is 8.42 Å². The molecule has 1 aliphatic carbocycles. The van der Waals surface area contributed by atoms with Crippen LogP contribution in [0.25, 0.3) is 0 Å². The molecule has 1 aromatic rings. The molecule has 1 aliphatic rings. The summed E-state index contributed by atoms with van der Waals surface area (Å²) in [6.07, 6.45) is 3.13. The van der Waals surface area contributed by atoms with Gasteiger partial charge >= 0.3 is 0 Å². The number of nitrogens with one attached hydrogen (secondary N) is 1. The second-order valence-corrected chi connectivity index (χ2v) is 8.86. The molecule has 3 atom stereocenters. The zero-order valence-electron chi connectivity index (χ0n) is 11.6. The van der Waals surface area contributed by atoms with E-state index < -0.39 is 10.0 Å². The van der Waals surface area contributed by atoms with E-state index in [1.54, 1.807) is 12.1 Å². The van der Waals surface area contributed by atoms with Gasteiger partial charge in [-0.3, -0.25) is 0 Å². The van der Waals surface area contributed by atoms with Gasteiger partial charge in [0, 0.05) is 15.0 Å². The highest BCUT2D eigenvalue weighted by atomic mass is 79.9. The third-order valence-corrected chi connectivity index (χ3v) is 7.22. The van der Waals surface area contributed by atoms with E-state index in [1.807, 2.05) is 6.07 Å². The van der Waals surface area contributed by atoms with Crippen LogP contribution in [0.5, 0.6) is 0 Å². The lowest BCUT2D eigenvalue weighted by molar-refractivity contribution is 0.368. The second-order valence-electron chi connectivity index (χ2n) is 5.41. The van der Waals surface area contributed by atoms with E-state index in [0.717, 1.165) is 23.7 Å². The van der Waals surface area contributed by atoms with Crippen LogP contribution in [0.3, 0.4) is 0 Å². The first-order valence-corrected chi connectivity index (χ1v) is 9.89. The fourth-order valence-electron chi connectivity index (χ4n) is 2.94. The lowest BCUT2D eigenvalue weighted by atomic mass is 9.94. The molecule has 1 fully saturated rings. The average Bonchev–Trinajstić information content (AvgIpc) is 2.73. The molecule has 0 saturated heterocycles. The summed E-state index contributed by atoms with van der Waals surface area (Å²) in [5.74, 6) is 1.01. The van der Waals surface area contributed by atoms with Crippen molar-refractivity contribution in [3.8, 4) is 0 Å². The summed E-state index contributed by atoms with van der Waals surface area (Å²) in [4.78, 5) is 0.291. The molecule has 0 amide bonds. The van der Waals surface area contributed by atoms with Crippen LogP contribution in [0.4, 0.5) is 0 Å². The normalized spacial score (nSPS) is 26.9. The number of rotatable bonds is 4. The van der Waals surface area contributed by atoms with Crippen LogP contribution >= 0.6 is 31.9 Å². The molecule has 2 rings (SSSR count). The molecule has 1 saturated carbocycles. The van der Waals surface area contributed by atoms with Gasteiger partial charge in [0.25, 0.3) is 0 Å². The Labute approximate surface area is 137 Å². The summed E-state index contributed by atoms with van der Waals surface area (Å²) in [6, 6.07) is 5.22. The molecule has 0 heterocycles. The van der Waals surface area contributed by atoms with Gasteiger partial charge < -0.3 is 0 Å². The van der Waals surface area contributed by atoms with Crippen molar-refractivity contribution in [1.82, 2.24) is 4.72 Å². The van der Waals surface area contributed by atoms with E-state index in [-0.39, 0.29) is 6.04 Å². The first-order chi connectivity index (χ1) is 9.35. The quantitative estimate of drug-likeness (QED) is 0.782. The minimum absolute atomic E-state index is 0.0378. The summed E-state index contributed by atoms with van der Waals surface area (Å²) in [6.45, 7) is 4.31. The third-order valence-electron chi connectivity index (χ3n) is 4.24. The number of sulfonamides is 1.